The summed E-state index contributed by atoms with van der Waals surface area (Å²) in [6, 6.07) is 17.2. The Bertz CT molecular complexity index is 1040. The Hall–Kier alpha value is -3.54. The van der Waals surface area contributed by atoms with Crippen molar-refractivity contribution in [2.75, 3.05) is 11.1 Å². The highest BCUT2D eigenvalue weighted by Crippen LogP contribution is 2.33. The van der Waals surface area contributed by atoms with E-state index < -0.39 is 0 Å². The lowest BCUT2D eigenvalue weighted by Crippen LogP contribution is -1.96. The summed E-state index contributed by atoms with van der Waals surface area (Å²) in [6.07, 6.45) is 3.56. The van der Waals surface area contributed by atoms with E-state index in [9.17, 15) is 0 Å². The maximum Gasteiger partial charge on any atom is 0.153 e. The minimum Gasteiger partial charge on any atom is -0.457 e. The number of fused-ring (bicyclic) bond motifs is 1. The van der Waals surface area contributed by atoms with Gasteiger partial charge in [0.15, 0.2) is 5.82 Å². The number of rotatable bonds is 4. The van der Waals surface area contributed by atoms with Gasteiger partial charge in [0.1, 0.15) is 17.3 Å². The van der Waals surface area contributed by atoms with Gasteiger partial charge in [0.25, 0.3) is 0 Å². The number of ether oxygens (including phenoxy) is 1. The molecule has 6 heteroatoms. The Balaban J connectivity index is 1.63. The molecule has 25 heavy (non-hydrogen) atoms. The summed E-state index contributed by atoms with van der Waals surface area (Å²) in [5.41, 5.74) is 6.78. The van der Waals surface area contributed by atoms with Gasteiger partial charge in [-0.25, -0.2) is 4.98 Å². The van der Waals surface area contributed by atoms with Crippen molar-refractivity contribution in [3.63, 3.8) is 0 Å². The highest BCUT2D eigenvalue weighted by atomic mass is 16.5. The molecule has 0 saturated carbocycles. The standard InChI is InChI=1S/C19H17N5O/c1-24-11-9-18(23-24)22-19-12-13(8-10-21-19)25-17-7-6-16(20)14-4-2-3-5-15(14)17/h2-12H,20H2,1H3,(H,21,22,23). The molecule has 0 bridgehead atoms. The monoisotopic (exact) mass is 331 g/mol. The first-order valence-corrected chi connectivity index (χ1v) is 7.87. The summed E-state index contributed by atoms with van der Waals surface area (Å²) >= 11 is 0. The second-order valence-corrected chi connectivity index (χ2v) is 5.68. The molecule has 4 aromatic rings. The third kappa shape index (κ3) is 3.10. The molecule has 0 aliphatic carbocycles. The molecule has 4 rings (SSSR count). The summed E-state index contributed by atoms with van der Waals surface area (Å²) in [5, 5.41) is 9.38. The van der Waals surface area contributed by atoms with Crippen LogP contribution in [0.4, 0.5) is 17.3 Å². The van der Waals surface area contributed by atoms with Crippen molar-refractivity contribution < 1.29 is 4.74 Å². The van der Waals surface area contributed by atoms with E-state index in [4.69, 9.17) is 10.5 Å². The summed E-state index contributed by atoms with van der Waals surface area (Å²) in [4.78, 5) is 4.30. The molecule has 6 nitrogen and oxygen atoms in total. The van der Waals surface area contributed by atoms with Crippen LogP contribution in [0.1, 0.15) is 0 Å². The van der Waals surface area contributed by atoms with E-state index in [2.05, 4.69) is 15.4 Å². The van der Waals surface area contributed by atoms with Crippen molar-refractivity contribution in [3.05, 3.63) is 67.0 Å². The molecule has 124 valence electrons. The van der Waals surface area contributed by atoms with Gasteiger partial charge in [0.05, 0.1) is 0 Å². The molecule has 0 saturated heterocycles. The maximum atomic E-state index is 6.07. The highest BCUT2D eigenvalue weighted by molar-refractivity contribution is 5.97. The van der Waals surface area contributed by atoms with Crippen LogP contribution < -0.4 is 15.8 Å². The van der Waals surface area contributed by atoms with Gasteiger partial charge in [-0.05, 0) is 18.2 Å². The number of hydrogen-bond acceptors (Lipinski definition) is 5. The van der Waals surface area contributed by atoms with Crippen molar-refractivity contribution in [2.45, 2.75) is 0 Å². The normalized spacial score (nSPS) is 10.8. The highest BCUT2D eigenvalue weighted by Gasteiger charge is 2.07. The smallest absolute Gasteiger partial charge is 0.153 e. The number of nitrogens with one attached hydrogen (secondary N) is 1. The van der Waals surface area contributed by atoms with Crippen LogP contribution >= 0.6 is 0 Å². The molecule has 0 atom stereocenters. The molecular formula is C19H17N5O. The largest absolute Gasteiger partial charge is 0.457 e. The summed E-state index contributed by atoms with van der Waals surface area (Å²) in [5.74, 6) is 2.82. The lowest BCUT2D eigenvalue weighted by atomic mass is 10.1. The Kier molecular flexibility index (Phi) is 3.70. The van der Waals surface area contributed by atoms with Gasteiger partial charge in [0.2, 0.25) is 0 Å². The SMILES string of the molecule is Cn1ccc(Nc2cc(Oc3ccc(N)c4ccccc34)ccn2)n1. The summed E-state index contributed by atoms with van der Waals surface area (Å²) < 4.78 is 7.79. The molecular weight excluding hydrogens is 314 g/mol. The van der Waals surface area contributed by atoms with Gasteiger partial charge in [-0.1, -0.05) is 24.3 Å². The first-order chi connectivity index (χ1) is 12.2. The fourth-order valence-corrected chi connectivity index (χ4v) is 2.67. The maximum absolute atomic E-state index is 6.07. The van der Waals surface area contributed by atoms with Crippen LogP contribution in [0.3, 0.4) is 0 Å². The lowest BCUT2D eigenvalue weighted by molar-refractivity contribution is 0.488. The molecule has 0 radical (unpaired) electrons. The van der Waals surface area contributed by atoms with Crippen LogP contribution in [0.25, 0.3) is 10.8 Å². The van der Waals surface area contributed by atoms with E-state index in [1.165, 1.54) is 0 Å². The number of nitrogens with zero attached hydrogens (tertiary/aromatic N) is 3. The Morgan fingerprint density at radius 1 is 1.00 bits per heavy atom. The van der Waals surface area contributed by atoms with E-state index in [-0.39, 0.29) is 0 Å². The molecule has 0 unspecified atom stereocenters. The van der Waals surface area contributed by atoms with Crippen LogP contribution in [-0.2, 0) is 7.05 Å². The van der Waals surface area contributed by atoms with Crippen molar-refractivity contribution >= 4 is 28.1 Å². The van der Waals surface area contributed by atoms with Crippen molar-refractivity contribution in [2.24, 2.45) is 7.05 Å². The molecule has 2 aromatic carbocycles. The van der Waals surface area contributed by atoms with E-state index in [1.54, 1.807) is 10.9 Å². The van der Waals surface area contributed by atoms with Gasteiger partial charge >= 0.3 is 0 Å². The first-order valence-electron chi connectivity index (χ1n) is 7.87. The van der Waals surface area contributed by atoms with E-state index >= 15 is 0 Å². The van der Waals surface area contributed by atoms with Crippen LogP contribution in [0.15, 0.2) is 67.0 Å². The third-order valence-corrected chi connectivity index (χ3v) is 3.85. The second kappa shape index (κ2) is 6.16. The third-order valence-electron chi connectivity index (χ3n) is 3.85. The number of aromatic nitrogens is 3. The zero-order valence-electron chi connectivity index (χ0n) is 13.7. The number of pyridine rings is 1. The molecule has 0 spiro atoms. The number of anilines is 3. The van der Waals surface area contributed by atoms with Gasteiger partial charge in [-0.3, -0.25) is 4.68 Å². The number of aryl methyl sites for hydroxylation is 1. The van der Waals surface area contributed by atoms with Gasteiger partial charge in [-0.15, -0.1) is 0 Å². The zero-order valence-corrected chi connectivity index (χ0v) is 13.7. The van der Waals surface area contributed by atoms with Crippen molar-refractivity contribution in [3.8, 4) is 11.5 Å². The van der Waals surface area contributed by atoms with E-state index in [1.807, 2.05) is 67.8 Å². The van der Waals surface area contributed by atoms with E-state index in [0.29, 0.717) is 11.6 Å². The average molecular weight is 331 g/mol. The molecule has 0 fully saturated rings. The van der Waals surface area contributed by atoms with Crippen LogP contribution in [0.2, 0.25) is 0 Å². The number of benzene rings is 2. The zero-order chi connectivity index (χ0) is 17.2. The lowest BCUT2D eigenvalue weighted by Gasteiger charge is -2.11. The predicted molar refractivity (Wildman–Crippen MR) is 99.2 cm³/mol. The molecule has 0 aliphatic rings. The second-order valence-electron chi connectivity index (χ2n) is 5.68. The van der Waals surface area contributed by atoms with Crippen molar-refractivity contribution in [1.82, 2.24) is 14.8 Å². The minimum absolute atomic E-state index is 0.663. The Labute approximate surface area is 144 Å². The minimum atomic E-state index is 0.663. The predicted octanol–water partition coefficient (Wildman–Crippen LogP) is 4.09. The average Bonchev–Trinajstić information content (AvgIpc) is 3.03. The van der Waals surface area contributed by atoms with Gasteiger partial charge in [0, 0.05) is 48.0 Å². The van der Waals surface area contributed by atoms with Gasteiger partial charge in [-0.2, -0.15) is 5.10 Å². The summed E-state index contributed by atoms with van der Waals surface area (Å²) in [7, 11) is 1.87. The molecule has 0 amide bonds. The molecule has 2 heterocycles. The topological polar surface area (TPSA) is 78.0 Å². The fraction of sp³-hybridized carbons (Fsp3) is 0.0526. The van der Waals surface area contributed by atoms with Crippen molar-refractivity contribution in [1.29, 1.82) is 0 Å². The first kappa shape index (κ1) is 15.0. The quantitative estimate of drug-likeness (QED) is 0.551. The van der Waals surface area contributed by atoms with Crippen LogP contribution in [-0.4, -0.2) is 14.8 Å². The molecule has 0 aliphatic heterocycles. The summed E-state index contributed by atoms with van der Waals surface area (Å²) in [6.45, 7) is 0. The Morgan fingerprint density at radius 2 is 1.84 bits per heavy atom. The molecule has 2 aromatic heterocycles. The van der Waals surface area contributed by atoms with Gasteiger partial charge < -0.3 is 15.8 Å². The number of nitrogens with two attached hydrogens (primary N) is 1. The number of hydrogen-bond donors (Lipinski definition) is 2. The Morgan fingerprint density at radius 3 is 2.64 bits per heavy atom. The van der Waals surface area contributed by atoms with Crippen LogP contribution in [0.5, 0.6) is 11.5 Å². The fourth-order valence-electron chi connectivity index (χ4n) is 2.67. The van der Waals surface area contributed by atoms with E-state index in [0.717, 1.165) is 28.0 Å². The molecule has 3 N–H and O–H groups in total. The number of nitrogen functional groups attached to an aromatic ring is 1. The van der Waals surface area contributed by atoms with Crippen LogP contribution in [0, 0.1) is 0 Å².